The van der Waals surface area contributed by atoms with Crippen LogP contribution in [-0.4, -0.2) is 15.0 Å². The number of nitrogens with two attached hydrogens (primary N) is 1. The fourth-order valence-electron chi connectivity index (χ4n) is 1.70. The zero-order valence-corrected chi connectivity index (χ0v) is 11.7. The molecule has 5 heteroatoms. The third kappa shape index (κ3) is 5.51. The van der Waals surface area contributed by atoms with E-state index < -0.39 is 10.0 Å². The highest BCUT2D eigenvalue weighted by Crippen LogP contribution is 2.13. The van der Waals surface area contributed by atoms with Crippen LogP contribution < -0.4 is 10.5 Å². The Morgan fingerprint density at radius 2 is 1.89 bits per heavy atom. The first-order chi connectivity index (χ1) is 8.55. The van der Waals surface area contributed by atoms with E-state index in [1.165, 1.54) is 0 Å². The summed E-state index contributed by atoms with van der Waals surface area (Å²) >= 11 is 0. The lowest BCUT2D eigenvalue weighted by Gasteiger charge is -2.08. The lowest BCUT2D eigenvalue weighted by Crippen LogP contribution is -2.26. The monoisotopic (exact) mass is 270 g/mol. The Kier molecular flexibility index (Phi) is 6.15. The van der Waals surface area contributed by atoms with Crippen molar-refractivity contribution < 1.29 is 8.42 Å². The molecule has 0 saturated heterocycles. The van der Waals surface area contributed by atoms with Crippen molar-refractivity contribution in [3.8, 4) is 0 Å². The molecule has 0 spiro atoms. The first-order valence-electron chi connectivity index (χ1n) is 6.36. The third-order valence-corrected chi connectivity index (χ3v) is 4.09. The Balaban J connectivity index is 2.43. The first-order valence-corrected chi connectivity index (χ1v) is 8.01. The van der Waals surface area contributed by atoms with Crippen LogP contribution in [0.3, 0.4) is 0 Å². The minimum absolute atomic E-state index is 0.0482. The summed E-state index contributed by atoms with van der Waals surface area (Å²) in [5, 5.41) is 0. The molecule has 0 saturated carbocycles. The van der Waals surface area contributed by atoms with Crippen LogP contribution in [0, 0.1) is 0 Å². The van der Waals surface area contributed by atoms with Gasteiger partial charge in [0.1, 0.15) is 0 Å². The van der Waals surface area contributed by atoms with E-state index >= 15 is 0 Å². The Hall–Kier alpha value is -1.07. The molecule has 0 bridgehead atoms. The van der Waals surface area contributed by atoms with Gasteiger partial charge in [-0.25, -0.2) is 13.1 Å². The summed E-state index contributed by atoms with van der Waals surface area (Å²) in [5.74, 6) is -0.0482. The van der Waals surface area contributed by atoms with E-state index in [2.05, 4.69) is 11.6 Å². The van der Waals surface area contributed by atoms with Crippen molar-refractivity contribution in [2.45, 2.75) is 38.4 Å². The number of nitrogens with one attached hydrogen (secondary N) is 1. The van der Waals surface area contributed by atoms with Crippen LogP contribution in [0.1, 0.15) is 38.2 Å². The molecule has 0 radical (unpaired) electrons. The normalized spacial score (nSPS) is 11.6. The van der Waals surface area contributed by atoms with Crippen LogP contribution in [-0.2, 0) is 15.8 Å². The summed E-state index contributed by atoms with van der Waals surface area (Å²) < 4.78 is 26.2. The Morgan fingerprint density at radius 1 is 1.17 bits per heavy atom. The molecule has 1 aromatic rings. The molecule has 4 nitrogen and oxygen atoms in total. The average Bonchev–Trinajstić information content (AvgIpc) is 2.31. The summed E-state index contributed by atoms with van der Waals surface area (Å²) in [6.07, 6.45) is 4.24. The summed E-state index contributed by atoms with van der Waals surface area (Å²) in [4.78, 5) is 0. The minimum atomic E-state index is -3.27. The van der Waals surface area contributed by atoms with Gasteiger partial charge < -0.3 is 5.73 Å². The van der Waals surface area contributed by atoms with Gasteiger partial charge in [0.15, 0.2) is 0 Å². The minimum Gasteiger partial charge on any atom is -0.398 e. The molecule has 0 aromatic heterocycles. The van der Waals surface area contributed by atoms with Crippen LogP contribution in [0.25, 0.3) is 0 Å². The molecular formula is C13H22N2O2S. The van der Waals surface area contributed by atoms with E-state index in [0.717, 1.165) is 25.7 Å². The van der Waals surface area contributed by atoms with Gasteiger partial charge >= 0.3 is 0 Å². The molecular weight excluding hydrogens is 248 g/mol. The van der Waals surface area contributed by atoms with Crippen molar-refractivity contribution in [2.24, 2.45) is 0 Å². The maximum Gasteiger partial charge on any atom is 0.215 e. The number of sulfonamides is 1. The predicted octanol–water partition coefficient (Wildman–Crippen LogP) is 2.27. The number of rotatable bonds is 8. The molecule has 0 aliphatic heterocycles. The van der Waals surface area contributed by atoms with Crippen molar-refractivity contribution in [3.05, 3.63) is 29.8 Å². The van der Waals surface area contributed by atoms with Gasteiger partial charge in [0, 0.05) is 12.2 Å². The molecule has 0 amide bonds. The highest BCUT2D eigenvalue weighted by atomic mass is 32.2. The van der Waals surface area contributed by atoms with E-state index in [9.17, 15) is 8.42 Å². The number of nitrogen functional groups attached to an aromatic ring is 1. The zero-order chi connectivity index (χ0) is 13.4. The second-order valence-corrected chi connectivity index (χ2v) is 6.22. The van der Waals surface area contributed by atoms with Crippen molar-refractivity contribution in [3.63, 3.8) is 0 Å². The van der Waals surface area contributed by atoms with Crippen molar-refractivity contribution in [1.82, 2.24) is 4.72 Å². The van der Waals surface area contributed by atoms with Crippen molar-refractivity contribution >= 4 is 15.7 Å². The van der Waals surface area contributed by atoms with Crippen LogP contribution in [0.5, 0.6) is 0 Å². The molecule has 102 valence electrons. The summed E-state index contributed by atoms with van der Waals surface area (Å²) in [6.45, 7) is 2.64. The van der Waals surface area contributed by atoms with Crippen LogP contribution in [0.2, 0.25) is 0 Å². The lowest BCUT2D eigenvalue weighted by atomic mass is 10.2. The number of benzene rings is 1. The average molecular weight is 270 g/mol. The molecule has 0 aliphatic rings. The molecule has 1 aromatic carbocycles. The van der Waals surface area contributed by atoms with Crippen molar-refractivity contribution in [2.75, 3.05) is 12.3 Å². The number of hydrogen-bond acceptors (Lipinski definition) is 3. The standard InChI is InChI=1S/C13H22N2O2S/c1-2-3-4-7-10-15-18(16,17)11-12-8-5-6-9-13(12)14/h5-6,8-9,15H,2-4,7,10-11,14H2,1H3. The van der Waals surface area contributed by atoms with Crippen LogP contribution in [0.15, 0.2) is 24.3 Å². The van der Waals surface area contributed by atoms with E-state index in [1.54, 1.807) is 24.3 Å². The van der Waals surface area contributed by atoms with Crippen molar-refractivity contribution in [1.29, 1.82) is 0 Å². The third-order valence-electron chi connectivity index (χ3n) is 2.75. The second kappa shape index (κ2) is 7.38. The SMILES string of the molecule is CCCCCCNS(=O)(=O)Cc1ccccc1N. The highest BCUT2D eigenvalue weighted by molar-refractivity contribution is 7.88. The van der Waals surface area contributed by atoms with Gasteiger partial charge in [0.2, 0.25) is 10.0 Å². The predicted molar refractivity (Wildman–Crippen MR) is 75.6 cm³/mol. The molecule has 0 unspecified atom stereocenters. The van der Waals surface area contributed by atoms with E-state index in [1.807, 2.05) is 0 Å². The molecule has 0 fully saturated rings. The van der Waals surface area contributed by atoms with Gasteiger partial charge in [0.05, 0.1) is 5.75 Å². The van der Waals surface area contributed by atoms with Gasteiger partial charge in [-0.1, -0.05) is 44.4 Å². The van der Waals surface area contributed by atoms with Gasteiger partial charge in [-0.2, -0.15) is 0 Å². The van der Waals surface area contributed by atoms with Gasteiger partial charge in [-0.15, -0.1) is 0 Å². The quantitative estimate of drug-likeness (QED) is 0.562. The van der Waals surface area contributed by atoms with Crippen LogP contribution >= 0.6 is 0 Å². The molecule has 0 atom stereocenters. The molecule has 1 rings (SSSR count). The fraction of sp³-hybridized carbons (Fsp3) is 0.538. The largest absolute Gasteiger partial charge is 0.398 e. The fourth-order valence-corrected chi connectivity index (χ4v) is 2.93. The number of para-hydroxylation sites is 1. The van der Waals surface area contributed by atoms with Gasteiger partial charge in [-0.05, 0) is 18.1 Å². The van der Waals surface area contributed by atoms with E-state index in [4.69, 9.17) is 5.73 Å². The number of anilines is 1. The molecule has 3 N–H and O–H groups in total. The summed E-state index contributed by atoms with van der Waals surface area (Å²) in [7, 11) is -3.27. The first kappa shape index (κ1) is 15.0. The maximum absolute atomic E-state index is 11.8. The number of hydrogen-bond donors (Lipinski definition) is 2. The summed E-state index contributed by atoms with van der Waals surface area (Å²) in [6, 6.07) is 7.05. The number of unbranched alkanes of at least 4 members (excludes halogenated alkanes) is 3. The lowest BCUT2D eigenvalue weighted by molar-refractivity contribution is 0.573. The van der Waals surface area contributed by atoms with E-state index in [0.29, 0.717) is 17.8 Å². The molecule has 0 aliphatic carbocycles. The highest BCUT2D eigenvalue weighted by Gasteiger charge is 2.12. The second-order valence-electron chi connectivity index (χ2n) is 4.41. The zero-order valence-electron chi connectivity index (χ0n) is 10.9. The Morgan fingerprint density at radius 3 is 2.56 bits per heavy atom. The topological polar surface area (TPSA) is 72.2 Å². The van der Waals surface area contributed by atoms with Gasteiger partial charge in [0.25, 0.3) is 0 Å². The Bertz CT molecular complexity index is 458. The summed E-state index contributed by atoms with van der Waals surface area (Å²) in [5.41, 5.74) is 6.90. The smallest absolute Gasteiger partial charge is 0.215 e. The maximum atomic E-state index is 11.8. The van der Waals surface area contributed by atoms with Gasteiger partial charge in [-0.3, -0.25) is 0 Å². The van der Waals surface area contributed by atoms with E-state index in [-0.39, 0.29) is 5.75 Å². The molecule has 18 heavy (non-hydrogen) atoms. The Labute approximate surface area is 110 Å². The molecule has 0 heterocycles. The van der Waals surface area contributed by atoms with Crippen LogP contribution in [0.4, 0.5) is 5.69 Å².